The van der Waals surface area contributed by atoms with Crippen molar-refractivity contribution >= 4 is 17.5 Å². The molecule has 1 N–H and O–H groups in total. The number of carbonyl (C=O) groups is 2. The monoisotopic (exact) mass is 563 g/mol. The summed E-state index contributed by atoms with van der Waals surface area (Å²) in [7, 11) is 0. The molecule has 0 spiro atoms. The fourth-order valence-electron chi connectivity index (χ4n) is 5.34. The summed E-state index contributed by atoms with van der Waals surface area (Å²) in [6, 6.07) is 20.9. The smallest absolute Gasteiger partial charge is 0.287 e. The lowest BCUT2D eigenvalue weighted by Gasteiger charge is -2.30. The summed E-state index contributed by atoms with van der Waals surface area (Å²) in [5, 5.41) is 12.0. The van der Waals surface area contributed by atoms with Crippen molar-refractivity contribution < 1.29 is 14.0 Å². The van der Waals surface area contributed by atoms with Crippen molar-refractivity contribution in [3.05, 3.63) is 95.8 Å². The molecule has 0 unspecified atom stereocenters. The molecule has 4 aromatic rings. The van der Waals surface area contributed by atoms with Crippen LogP contribution in [0.4, 0.5) is 5.69 Å². The number of hydrogen-bond donors (Lipinski definition) is 1. The van der Waals surface area contributed by atoms with Crippen LogP contribution in [0.15, 0.2) is 77.6 Å². The predicted molar refractivity (Wildman–Crippen MR) is 162 cm³/mol. The number of nitrogens with one attached hydrogen (secondary N) is 1. The summed E-state index contributed by atoms with van der Waals surface area (Å²) in [4.78, 5) is 32.6. The lowest BCUT2D eigenvalue weighted by molar-refractivity contribution is -0.123. The van der Waals surface area contributed by atoms with Gasteiger partial charge in [0.05, 0.1) is 30.2 Å². The Balaban J connectivity index is 1.36. The Hall–Kier alpha value is -4.64. The molecule has 0 radical (unpaired) electrons. The van der Waals surface area contributed by atoms with E-state index in [2.05, 4.69) is 16.4 Å². The molecule has 1 fully saturated rings. The van der Waals surface area contributed by atoms with Crippen LogP contribution in [0.2, 0.25) is 0 Å². The van der Waals surface area contributed by atoms with Crippen molar-refractivity contribution in [2.45, 2.75) is 59.0 Å². The van der Waals surface area contributed by atoms with Crippen LogP contribution < -0.4 is 10.2 Å². The van der Waals surface area contributed by atoms with Crippen molar-refractivity contribution in [2.24, 2.45) is 11.8 Å². The number of furan rings is 1. The van der Waals surface area contributed by atoms with E-state index in [4.69, 9.17) is 9.68 Å². The van der Waals surface area contributed by atoms with E-state index in [0.717, 1.165) is 48.2 Å². The molecule has 0 atom stereocenters. The van der Waals surface area contributed by atoms with Gasteiger partial charge in [0, 0.05) is 36.5 Å². The van der Waals surface area contributed by atoms with Crippen LogP contribution in [0.25, 0.3) is 11.3 Å². The van der Waals surface area contributed by atoms with E-state index in [0.29, 0.717) is 36.9 Å². The first-order valence-electron chi connectivity index (χ1n) is 14.7. The number of amides is 2. The minimum Gasteiger partial charge on any atom is -0.451 e. The second kappa shape index (κ2) is 13.3. The third-order valence-corrected chi connectivity index (χ3v) is 7.74. The third-order valence-electron chi connectivity index (χ3n) is 7.74. The standard InChI is InChI=1S/C34H37N5O3/c1-24(2)19-37-33(40)32-17-16-31(42-32)27-12-14-29(15-13-27)39(34(41)28-6-4-3-5-7-28)22-30-20-36-23-38(30)21-26-10-8-25(18-35)9-11-26/h8-17,20,23-24,28H,3-7,19,21-22H2,1-2H3,(H,37,40). The number of aromatic nitrogens is 2. The third kappa shape index (κ3) is 6.98. The topological polar surface area (TPSA) is 104 Å². The number of nitriles is 1. The van der Waals surface area contributed by atoms with Gasteiger partial charge in [0.1, 0.15) is 5.76 Å². The van der Waals surface area contributed by atoms with Crippen LogP contribution >= 0.6 is 0 Å². The van der Waals surface area contributed by atoms with Crippen LogP contribution in [0.5, 0.6) is 0 Å². The van der Waals surface area contributed by atoms with E-state index in [1.54, 1.807) is 18.5 Å². The van der Waals surface area contributed by atoms with Crippen LogP contribution in [-0.2, 0) is 17.9 Å². The Kier molecular flexibility index (Phi) is 9.18. The molecule has 1 saturated carbocycles. The SMILES string of the molecule is CC(C)CNC(=O)c1ccc(-c2ccc(N(Cc3cncn3Cc3ccc(C#N)cc3)C(=O)C3CCCCC3)cc2)o1. The lowest BCUT2D eigenvalue weighted by Crippen LogP contribution is -2.37. The lowest BCUT2D eigenvalue weighted by atomic mass is 9.88. The Morgan fingerprint density at radius 2 is 1.79 bits per heavy atom. The highest BCUT2D eigenvalue weighted by Gasteiger charge is 2.28. The largest absolute Gasteiger partial charge is 0.451 e. The van der Waals surface area contributed by atoms with E-state index < -0.39 is 0 Å². The molecular formula is C34H37N5O3. The van der Waals surface area contributed by atoms with Crippen molar-refractivity contribution in [3.63, 3.8) is 0 Å². The number of nitrogens with zero attached hydrogens (tertiary/aromatic N) is 4. The van der Waals surface area contributed by atoms with Gasteiger partial charge in [-0.2, -0.15) is 5.26 Å². The zero-order valence-corrected chi connectivity index (χ0v) is 24.3. The first kappa shape index (κ1) is 28.9. The van der Waals surface area contributed by atoms with Crippen molar-refractivity contribution in [1.29, 1.82) is 5.26 Å². The molecule has 1 aliphatic rings. The Morgan fingerprint density at radius 1 is 1.05 bits per heavy atom. The van der Waals surface area contributed by atoms with E-state index in [9.17, 15) is 9.59 Å². The Labute approximate surface area is 247 Å². The number of imidazole rings is 1. The molecule has 5 rings (SSSR count). The highest BCUT2D eigenvalue weighted by atomic mass is 16.3. The number of carbonyl (C=O) groups excluding carboxylic acids is 2. The number of hydrogen-bond acceptors (Lipinski definition) is 5. The van der Waals surface area contributed by atoms with Crippen molar-refractivity contribution in [3.8, 4) is 17.4 Å². The maximum absolute atomic E-state index is 13.9. The molecule has 8 heteroatoms. The molecule has 2 amide bonds. The molecule has 0 saturated heterocycles. The molecule has 2 aromatic heterocycles. The van der Waals surface area contributed by atoms with E-state index in [1.165, 1.54) is 6.42 Å². The highest BCUT2D eigenvalue weighted by Crippen LogP contribution is 2.31. The molecular weight excluding hydrogens is 526 g/mol. The van der Waals surface area contributed by atoms with Crippen LogP contribution in [0, 0.1) is 23.2 Å². The van der Waals surface area contributed by atoms with Gasteiger partial charge in [-0.25, -0.2) is 4.98 Å². The second-order valence-electron chi connectivity index (χ2n) is 11.4. The fraction of sp³-hybridized carbons (Fsp3) is 0.353. The van der Waals surface area contributed by atoms with Gasteiger partial charge >= 0.3 is 0 Å². The number of rotatable bonds is 10. The molecule has 8 nitrogen and oxygen atoms in total. The summed E-state index contributed by atoms with van der Waals surface area (Å²) >= 11 is 0. The quantitative estimate of drug-likeness (QED) is 0.235. The van der Waals surface area contributed by atoms with Crippen LogP contribution in [-0.4, -0.2) is 27.9 Å². The van der Waals surface area contributed by atoms with Gasteiger partial charge in [-0.15, -0.1) is 0 Å². The maximum atomic E-state index is 13.9. The average molecular weight is 564 g/mol. The predicted octanol–water partition coefficient (Wildman–Crippen LogP) is 6.56. The van der Waals surface area contributed by atoms with E-state index in [1.807, 2.05) is 78.0 Å². The van der Waals surface area contributed by atoms with Gasteiger partial charge in [0.25, 0.3) is 5.91 Å². The van der Waals surface area contributed by atoms with Crippen molar-refractivity contribution in [1.82, 2.24) is 14.9 Å². The van der Waals surface area contributed by atoms with E-state index in [-0.39, 0.29) is 23.5 Å². The molecule has 42 heavy (non-hydrogen) atoms. The zero-order chi connectivity index (χ0) is 29.5. The fourth-order valence-corrected chi connectivity index (χ4v) is 5.34. The molecule has 2 aromatic carbocycles. The Bertz CT molecular complexity index is 1540. The molecule has 0 aliphatic heterocycles. The minimum atomic E-state index is -0.228. The first-order valence-corrected chi connectivity index (χ1v) is 14.7. The first-order chi connectivity index (χ1) is 20.4. The van der Waals surface area contributed by atoms with Crippen molar-refractivity contribution in [2.75, 3.05) is 11.4 Å². The molecule has 0 bridgehead atoms. The molecule has 216 valence electrons. The maximum Gasteiger partial charge on any atom is 0.287 e. The number of benzene rings is 2. The summed E-state index contributed by atoms with van der Waals surface area (Å²) in [6.45, 7) is 5.66. The van der Waals surface area contributed by atoms with Gasteiger partial charge in [-0.05, 0) is 72.9 Å². The average Bonchev–Trinajstić information content (AvgIpc) is 3.69. The van der Waals surface area contributed by atoms with Crippen LogP contribution in [0.1, 0.15) is 73.3 Å². The number of anilines is 1. The molecule has 1 aliphatic carbocycles. The summed E-state index contributed by atoms with van der Waals surface area (Å²) in [6.07, 6.45) is 8.74. The molecule has 2 heterocycles. The summed E-state index contributed by atoms with van der Waals surface area (Å²) in [5.74, 6) is 1.14. The van der Waals surface area contributed by atoms with Crippen LogP contribution in [0.3, 0.4) is 0 Å². The van der Waals surface area contributed by atoms with Gasteiger partial charge in [-0.3, -0.25) is 9.59 Å². The zero-order valence-electron chi connectivity index (χ0n) is 24.3. The van der Waals surface area contributed by atoms with Gasteiger partial charge in [0.2, 0.25) is 5.91 Å². The Morgan fingerprint density at radius 3 is 2.48 bits per heavy atom. The van der Waals surface area contributed by atoms with E-state index >= 15 is 0 Å². The van der Waals surface area contributed by atoms with Gasteiger partial charge < -0.3 is 19.2 Å². The summed E-state index contributed by atoms with van der Waals surface area (Å²) < 4.78 is 7.90. The van der Waals surface area contributed by atoms with Gasteiger partial charge in [-0.1, -0.05) is 45.2 Å². The summed E-state index contributed by atoms with van der Waals surface area (Å²) in [5.41, 5.74) is 4.24. The normalized spacial score (nSPS) is 13.6. The minimum absolute atomic E-state index is 0.00491. The second-order valence-corrected chi connectivity index (χ2v) is 11.4. The van der Waals surface area contributed by atoms with Gasteiger partial charge in [0.15, 0.2) is 5.76 Å². The highest BCUT2D eigenvalue weighted by molar-refractivity contribution is 5.95.